The Morgan fingerprint density at radius 3 is 2.89 bits per heavy atom. The highest BCUT2D eigenvalue weighted by molar-refractivity contribution is 5.89. The fourth-order valence-corrected chi connectivity index (χ4v) is 3.73. The summed E-state index contributed by atoms with van der Waals surface area (Å²) in [4.78, 5) is 40.3. The normalized spacial score (nSPS) is 17.9. The van der Waals surface area contributed by atoms with E-state index in [0.29, 0.717) is 18.5 Å². The number of nitrogens with one attached hydrogen (secondary N) is 2. The van der Waals surface area contributed by atoms with Gasteiger partial charge in [-0.15, -0.1) is 0 Å². The molecule has 2 aromatic rings. The van der Waals surface area contributed by atoms with Crippen LogP contribution in [0.2, 0.25) is 0 Å². The zero-order valence-electron chi connectivity index (χ0n) is 15.0. The average Bonchev–Trinajstić information content (AvgIpc) is 3.19. The van der Waals surface area contributed by atoms with Gasteiger partial charge in [0.25, 0.3) is 0 Å². The fourth-order valence-electron chi connectivity index (χ4n) is 3.73. The predicted molar refractivity (Wildman–Crippen MR) is 96.6 cm³/mol. The number of aromatic amines is 1. The maximum Gasteiger partial charge on any atom is 0.305 e. The molecule has 1 aromatic heterocycles. The number of rotatable bonds is 6. The van der Waals surface area contributed by atoms with Gasteiger partial charge in [0.15, 0.2) is 0 Å². The molecule has 0 spiro atoms. The van der Waals surface area contributed by atoms with E-state index in [1.807, 2.05) is 0 Å². The highest BCUT2D eigenvalue weighted by Gasteiger charge is 2.34. The van der Waals surface area contributed by atoms with Gasteiger partial charge in [-0.2, -0.15) is 0 Å². The second-order valence-corrected chi connectivity index (χ2v) is 6.89. The summed E-state index contributed by atoms with van der Waals surface area (Å²) in [5.74, 6) is -1.94. The molecule has 2 heterocycles. The minimum Gasteiger partial charge on any atom is -0.481 e. The quantitative estimate of drug-likeness (QED) is 0.717. The minimum atomic E-state index is -0.950. The van der Waals surface area contributed by atoms with Crippen LogP contribution in [0.1, 0.15) is 31.7 Å². The van der Waals surface area contributed by atoms with Gasteiger partial charge in [0.05, 0.1) is 6.42 Å². The number of likely N-dealkylation sites (tertiary alicyclic amines) is 1. The number of hydrogen-bond donors (Lipinski definition) is 3. The molecule has 1 aliphatic rings. The zero-order valence-corrected chi connectivity index (χ0v) is 15.0. The van der Waals surface area contributed by atoms with Crippen molar-refractivity contribution in [1.29, 1.82) is 0 Å². The van der Waals surface area contributed by atoms with Crippen LogP contribution in [0.4, 0.5) is 4.39 Å². The zero-order chi connectivity index (χ0) is 19.6. The molecule has 7 nitrogen and oxygen atoms in total. The van der Waals surface area contributed by atoms with Crippen molar-refractivity contribution in [3.8, 4) is 0 Å². The third-order valence-corrected chi connectivity index (χ3v) is 4.90. The van der Waals surface area contributed by atoms with E-state index in [1.54, 1.807) is 17.2 Å². The molecule has 1 aliphatic heterocycles. The van der Waals surface area contributed by atoms with Crippen molar-refractivity contribution >= 4 is 28.7 Å². The molecule has 8 heteroatoms. The summed E-state index contributed by atoms with van der Waals surface area (Å²) in [5, 5.41) is 12.5. The minimum absolute atomic E-state index is 0.106. The number of amides is 2. The van der Waals surface area contributed by atoms with Crippen LogP contribution in [0.25, 0.3) is 10.9 Å². The number of H-pyrrole nitrogens is 1. The lowest BCUT2D eigenvalue weighted by molar-refractivity contribution is -0.141. The molecule has 0 aliphatic carbocycles. The summed E-state index contributed by atoms with van der Waals surface area (Å²) >= 11 is 0. The maximum atomic E-state index is 13.4. The molecular weight excluding hydrogens is 353 g/mol. The molecule has 2 unspecified atom stereocenters. The summed E-state index contributed by atoms with van der Waals surface area (Å²) in [6, 6.07) is 3.19. The molecule has 0 bridgehead atoms. The second-order valence-electron chi connectivity index (χ2n) is 6.89. The molecule has 2 atom stereocenters. The summed E-state index contributed by atoms with van der Waals surface area (Å²) < 4.78 is 13.4. The van der Waals surface area contributed by atoms with Crippen molar-refractivity contribution < 1.29 is 23.9 Å². The first-order valence-electron chi connectivity index (χ1n) is 8.90. The number of carbonyl (C=O) groups excluding carboxylic acids is 2. The van der Waals surface area contributed by atoms with E-state index >= 15 is 0 Å². The molecular formula is C19H22FN3O4. The van der Waals surface area contributed by atoms with Crippen LogP contribution in [-0.2, 0) is 20.8 Å². The van der Waals surface area contributed by atoms with Crippen LogP contribution in [0, 0.1) is 5.82 Å². The number of benzene rings is 1. The molecule has 3 rings (SSSR count). The Bertz CT molecular complexity index is 879. The number of carbonyl (C=O) groups is 3. The van der Waals surface area contributed by atoms with Crippen LogP contribution in [0.15, 0.2) is 24.4 Å². The number of aliphatic carboxylic acids is 1. The highest BCUT2D eigenvalue weighted by atomic mass is 19.1. The number of carboxylic acids is 1. The Morgan fingerprint density at radius 2 is 2.19 bits per heavy atom. The first-order valence-corrected chi connectivity index (χ1v) is 8.90. The largest absolute Gasteiger partial charge is 0.481 e. The van der Waals surface area contributed by atoms with Gasteiger partial charge in [0, 0.05) is 43.0 Å². The monoisotopic (exact) mass is 375 g/mol. The molecule has 27 heavy (non-hydrogen) atoms. The molecule has 1 aromatic carbocycles. The van der Waals surface area contributed by atoms with Gasteiger partial charge >= 0.3 is 5.97 Å². The molecule has 1 saturated heterocycles. The van der Waals surface area contributed by atoms with Crippen molar-refractivity contribution in [1.82, 2.24) is 15.2 Å². The summed E-state index contributed by atoms with van der Waals surface area (Å²) in [5.41, 5.74) is 1.40. The lowest BCUT2D eigenvalue weighted by atomic mass is 10.0. The number of hydrogen-bond acceptors (Lipinski definition) is 3. The van der Waals surface area contributed by atoms with Crippen molar-refractivity contribution in [2.45, 2.75) is 44.7 Å². The lowest BCUT2D eigenvalue weighted by Gasteiger charge is -2.28. The van der Waals surface area contributed by atoms with Gasteiger partial charge in [-0.1, -0.05) is 0 Å². The Hall–Kier alpha value is -2.90. The third kappa shape index (κ3) is 4.27. The number of nitrogens with zero attached hydrogens (tertiary/aromatic N) is 1. The molecule has 144 valence electrons. The summed E-state index contributed by atoms with van der Waals surface area (Å²) in [6.07, 6.45) is 3.20. The second kappa shape index (κ2) is 7.77. The summed E-state index contributed by atoms with van der Waals surface area (Å²) in [6.45, 7) is 1.82. The number of carboxylic acid groups (broad SMARTS) is 1. The van der Waals surface area contributed by atoms with Gasteiger partial charge in [0.2, 0.25) is 11.8 Å². The SMILES string of the molecule is CC(=O)NC(Cc1c[nH]c2cc(F)ccc12)C(=O)N1CCCC1CC(=O)O. The van der Waals surface area contributed by atoms with Gasteiger partial charge in [0.1, 0.15) is 11.9 Å². The number of fused-ring (bicyclic) bond motifs is 1. The van der Waals surface area contributed by atoms with Crippen LogP contribution < -0.4 is 5.32 Å². The summed E-state index contributed by atoms with van der Waals surface area (Å²) in [7, 11) is 0. The Kier molecular flexibility index (Phi) is 5.43. The van der Waals surface area contributed by atoms with Crippen LogP contribution >= 0.6 is 0 Å². The van der Waals surface area contributed by atoms with Gasteiger partial charge in [-0.25, -0.2) is 4.39 Å². The predicted octanol–water partition coefficient (Wildman–Crippen LogP) is 1.82. The highest BCUT2D eigenvalue weighted by Crippen LogP contribution is 2.24. The van der Waals surface area contributed by atoms with Crippen LogP contribution in [-0.4, -0.2) is 51.4 Å². The van der Waals surface area contributed by atoms with Gasteiger partial charge in [-0.3, -0.25) is 14.4 Å². The van der Waals surface area contributed by atoms with E-state index in [-0.39, 0.29) is 36.5 Å². The van der Waals surface area contributed by atoms with E-state index in [4.69, 9.17) is 5.11 Å². The van der Waals surface area contributed by atoms with Crippen molar-refractivity contribution in [2.24, 2.45) is 0 Å². The van der Waals surface area contributed by atoms with E-state index in [9.17, 15) is 18.8 Å². The Labute approximate surface area is 155 Å². The number of halogens is 1. The van der Waals surface area contributed by atoms with Crippen molar-refractivity contribution in [3.05, 3.63) is 35.8 Å². The van der Waals surface area contributed by atoms with E-state index in [0.717, 1.165) is 17.4 Å². The average molecular weight is 375 g/mol. The Balaban J connectivity index is 1.83. The molecule has 2 amide bonds. The maximum absolute atomic E-state index is 13.4. The standard InChI is InChI=1S/C19H22FN3O4/c1-11(24)22-17(19(27)23-6-2-3-14(23)9-18(25)26)7-12-10-21-16-8-13(20)4-5-15(12)16/h4-5,8,10,14,17,21H,2-3,6-7,9H2,1H3,(H,22,24)(H,25,26). The van der Waals surface area contributed by atoms with E-state index in [2.05, 4.69) is 10.3 Å². The first-order chi connectivity index (χ1) is 12.8. The van der Waals surface area contributed by atoms with Crippen molar-refractivity contribution in [2.75, 3.05) is 6.54 Å². The lowest BCUT2D eigenvalue weighted by Crippen LogP contribution is -2.51. The fraction of sp³-hybridized carbons (Fsp3) is 0.421. The van der Waals surface area contributed by atoms with Crippen molar-refractivity contribution in [3.63, 3.8) is 0 Å². The first kappa shape index (κ1) is 18.9. The topological polar surface area (TPSA) is 103 Å². The van der Waals surface area contributed by atoms with E-state index in [1.165, 1.54) is 19.1 Å². The van der Waals surface area contributed by atoms with E-state index < -0.39 is 12.0 Å². The van der Waals surface area contributed by atoms with Crippen LogP contribution in [0.3, 0.4) is 0 Å². The molecule has 0 radical (unpaired) electrons. The smallest absolute Gasteiger partial charge is 0.305 e. The molecule has 1 fully saturated rings. The van der Waals surface area contributed by atoms with Gasteiger partial charge in [-0.05, 0) is 36.6 Å². The third-order valence-electron chi connectivity index (χ3n) is 4.90. The molecule has 3 N–H and O–H groups in total. The molecule has 0 saturated carbocycles. The number of aromatic nitrogens is 1. The van der Waals surface area contributed by atoms with Gasteiger partial charge < -0.3 is 20.3 Å². The Morgan fingerprint density at radius 1 is 1.41 bits per heavy atom. The van der Waals surface area contributed by atoms with Crippen LogP contribution in [0.5, 0.6) is 0 Å².